The summed E-state index contributed by atoms with van der Waals surface area (Å²) in [5, 5.41) is 7.83. The number of carbonyl (C=O) groups is 1. The van der Waals surface area contributed by atoms with Crippen LogP contribution >= 0.6 is 23.2 Å². The van der Waals surface area contributed by atoms with E-state index in [1.165, 1.54) is 16.7 Å². The Balaban J connectivity index is 1.09. The van der Waals surface area contributed by atoms with Crippen LogP contribution in [0.2, 0.25) is 10.0 Å². The number of methoxy groups -OCH3 is 3. The van der Waals surface area contributed by atoms with Crippen LogP contribution in [-0.4, -0.2) is 73.9 Å². The SMILES string of the molecule is COc1nc(-c2cccc(-c3cccc(-c4cc5c(c(OC)n4)[C@@H](N4CC(OC)C4)CC5)c3Cl)c2Cl)cc2c1[C@H](NC[C@@H]1CCC(=O)N1)CC2. The topological polar surface area (TPSA) is 97.8 Å². The van der Waals surface area contributed by atoms with Crippen molar-refractivity contribution >= 4 is 29.1 Å². The molecule has 2 aromatic carbocycles. The molecular formula is C39H41Cl2N5O4. The van der Waals surface area contributed by atoms with Crippen molar-refractivity contribution in [2.75, 3.05) is 41.0 Å². The van der Waals surface area contributed by atoms with Gasteiger partial charge in [-0.15, -0.1) is 0 Å². The molecule has 0 spiro atoms. The Morgan fingerprint density at radius 1 is 0.800 bits per heavy atom. The minimum atomic E-state index is 0.110. The third-order valence-corrected chi connectivity index (χ3v) is 11.7. The number of amides is 1. The first-order valence-corrected chi connectivity index (χ1v) is 18.2. The standard InChI is InChI=1S/C39H41Cl2N5O4/c1-48-24-19-46(20-24)32-14-11-22-17-31(45-39(50-3)35(22)32)28-9-5-7-26(37(28)41)25-6-4-8-27(36(25)40)30-16-21-10-13-29(34(21)38(44-30)49-2)42-18-23-12-15-33(47)43-23/h4-9,16-17,23-24,29,32,42H,10-15,18-20H2,1-3H3,(H,43,47)/t23-,29+,32-/m0/s1. The zero-order chi connectivity index (χ0) is 34.5. The number of aromatic nitrogens is 2. The van der Waals surface area contributed by atoms with Gasteiger partial charge in [-0.2, -0.15) is 0 Å². The molecule has 2 aliphatic carbocycles. The number of fused-ring (bicyclic) bond motifs is 2. The van der Waals surface area contributed by atoms with E-state index in [1.54, 1.807) is 21.3 Å². The first kappa shape index (κ1) is 33.4. The lowest BCUT2D eigenvalue weighted by Crippen LogP contribution is -2.52. The van der Waals surface area contributed by atoms with E-state index in [9.17, 15) is 4.79 Å². The van der Waals surface area contributed by atoms with Gasteiger partial charge in [0, 0.05) is 84.7 Å². The third kappa shape index (κ3) is 5.93. The average molecular weight is 715 g/mol. The van der Waals surface area contributed by atoms with Crippen molar-refractivity contribution in [3.05, 3.63) is 80.8 Å². The van der Waals surface area contributed by atoms with E-state index >= 15 is 0 Å². The van der Waals surface area contributed by atoms with Crippen molar-refractivity contribution in [2.45, 2.75) is 62.8 Å². The molecule has 0 saturated carbocycles. The summed E-state index contributed by atoms with van der Waals surface area (Å²) in [6.07, 6.45) is 5.55. The Hall–Kier alpha value is -3.73. The molecule has 4 aliphatic rings. The Bertz CT molecular complexity index is 1970. The van der Waals surface area contributed by atoms with Crippen molar-refractivity contribution in [3.8, 4) is 45.4 Å². The highest BCUT2D eigenvalue weighted by Gasteiger charge is 2.39. The molecule has 1 amide bonds. The number of hydrogen-bond acceptors (Lipinski definition) is 8. The second-order valence-corrected chi connectivity index (χ2v) is 14.4. The van der Waals surface area contributed by atoms with Gasteiger partial charge in [0.15, 0.2) is 0 Å². The van der Waals surface area contributed by atoms with Crippen LogP contribution in [0, 0.1) is 0 Å². The number of likely N-dealkylation sites (tertiary alicyclic amines) is 1. The molecule has 0 radical (unpaired) electrons. The van der Waals surface area contributed by atoms with Crippen molar-refractivity contribution in [1.29, 1.82) is 0 Å². The Morgan fingerprint density at radius 2 is 1.38 bits per heavy atom. The Labute approximate surface area is 302 Å². The highest BCUT2D eigenvalue weighted by molar-refractivity contribution is 6.39. The van der Waals surface area contributed by atoms with Gasteiger partial charge in [0.25, 0.3) is 0 Å². The number of nitrogens with one attached hydrogen (secondary N) is 2. The third-order valence-electron chi connectivity index (χ3n) is 10.9. The van der Waals surface area contributed by atoms with Crippen LogP contribution in [0.1, 0.15) is 60.0 Å². The van der Waals surface area contributed by atoms with E-state index in [4.69, 9.17) is 47.4 Å². The summed E-state index contributed by atoms with van der Waals surface area (Å²) in [5.41, 5.74) is 9.49. The van der Waals surface area contributed by atoms with E-state index in [0.29, 0.717) is 28.2 Å². The minimum Gasteiger partial charge on any atom is -0.481 e. The van der Waals surface area contributed by atoms with Gasteiger partial charge in [-0.1, -0.05) is 59.6 Å². The largest absolute Gasteiger partial charge is 0.481 e. The lowest BCUT2D eigenvalue weighted by molar-refractivity contribution is -0.119. The fraction of sp³-hybridized carbons (Fsp3) is 0.410. The summed E-state index contributed by atoms with van der Waals surface area (Å²) in [6, 6.07) is 16.8. The van der Waals surface area contributed by atoms with E-state index in [0.717, 1.165) is 90.9 Å². The molecule has 11 heteroatoms. The molecule has 0 unspecified atom stereocenters. The molecule has 8 rings (SSSR count). The second kappa shape index (κ2) is 13.8. The van der Waals surface area contributed by atoms with Crippen LogP contribution < -0.4 is 20.1 Å². The number of benzene rings is 2. The summed E-state index contributed by atoms with van der Waals surface area (Å²) in [4.78, 5) is 24.1. The summed E-state index contributed by atoms with van der Waals surface area (Å²) in [5.74, 6) is 1.37. The number of pyridine rings is 2. The molecule has 4 heterocycles. The van der Waals surface area contributed by atoms with Crippen LogP contribution in [0.15, 0.2) is 48.5 Å². The highest BCUT2D eigenvalue weighted by Crippen LogP contribution is 2.47. The molecule has 2 aromatic heterocycles. The van der Waals surface area contributed by atoms with Crippen molar-refractivity contribution in [1.82, 2.24) is 25.5 Å². The predicted octanol–water partition coefficient (Wildman–Crippen LogP) is 6.98. The highest BCUT2D eigenvalue weighted by atomic mass is 35.5. The maximum Gasteiger partial charge on any atom is 0.220 e. The lowest BCUT2D eigenvalue weighted by atomic mass is 9.96. The van der Waals surface area contributed by atoms with Gasteiger partial charge in [0.2, 0.25) is 17.7 Å². The number of ether oxygens (including phenoxy) is 3. The molecule has 50 heavy (non-hydrogen) atoms. The van der Waals surface area contributed by atoms with Crippen LogP contribution in [0.4, 0.5) is 0 Å². The van der Waals surface area contributed by atoms with Gasteiger partial charge >= 0.3 is 0 Å². The van der Waals surface area contributed by atoms with Crippen LogP contribution in [0.25, 0.3) is 33.6 Å². The zero-order valence-corrected chi connectivity index (χ0v) is 30.0. The fourth-order valence-corrected chi connectivity index (χ4v) is 8.86. The number of halogens is 2. The smallest absolute Gasteiger partial charge is 0.220 e. The first-order chi connectivity index (χ1) is 24.4. The molecule has 0 bridgehead atoms. The van der Waals surface area contributed by atoms with Crippen molar-refractivity contribution < 1.29 is 19.0 Å². The normalized spacial score (nSPS) is 21.5. The molecule has 2 aliphatic heterocycles. The average Bonchev–Trinajstić information content (AvgIpc) is 3.85. The van der Waals surface area contributed by atoms with Crippen LogP contribution in [-0.2, 0) is 22.4 Å². The minimum absolute atomic E-state index is 0.110. The zero-order valence-electron chi connectivity index (χ0n) is 28.5. The predicted molar refractivity (Wildman–Crippen MR) is 195 cm³/mol. The lowest BCUT2D eigenvalue weighted by Gasteiger charge is -2.42. The molecule has 2 fully saturated rings. The van der Waals surface area contributed by atoms with Crippen LogP contribution in [0.3, 0.4) is 0 Å². The summed E-state index contributed by atoms with van der Waals surface area (Å²) >= 11 is 14.5. The van der Waals surface area contributed by atoms with E-state index in [1.807, 2.05) is 36.4 Å². The molecule has 9 nitrogen and oxygen atoms in total. The van der Waals surface area contributed by atoms with E-state index in [2.05, 4.69) is 27.7 Å². The summed E-state index contributed by atoms with van der Waals surface area (Å²) in [7, 11) is 5.12. The molecule has 3 atom stereocenters. The van der Waals surface area contributed by atoms with E-state index < -0.39 is 0 Å². The van der Waals surface area contributed by atoms with E-state index in [-0.39, 0.29) is 30.1 Å². The maximum atomic E-state index is 11.7. The van der Waals surface area contributed by atoms with Gasteiger partial charge in [-0.05, 0) is 55.4 Å². The molecule has 4 aromatic rings. The molecular weight excluding hydrogens is 673 g/mol. The van der Waals surface area contributed by atoms with Crippen molar-refractivity contribution in [2.24, 2.45) is 0 Å². The van der Waals surface area contributed by atoms with Crippen LogP contribution in [0.5, 0.6) is 11.8 Å². The second-order valence-electron chi connectivity index (χ2n) is 13.7. The first-order valence-electron chi connectivity index (χ1n) is 17.4. The quantitative estimate of drug-likeness (QED) is 0.182. The Kier molecular flexibility index (Phi) is 9.20. The van der Waals surface area contributed by atoms with Gasteiger partial charge in [0.05, 0.1) is 41.8 Å². The number of rotatable bonds is 10. The Morgan fingerprint density at radius 3 is 1.96 bits per heavy atom. The number of aryl methyl sites for hydroxylation is 2. The van der Waals surface area contributed by atoms with Gasteiger partial charge in [0.1, 0.15) is 0 Å². The fourth-order valence-electron chi connectivity index (χ4n) is 8.21. The number of hydrogen-bond donors (Lipinski definition) is 2. The monoisotopic (exact) mass is 713 g/mol. The van der Waals surface area contributed by atoms with Gasteiger partial charge in [-0.3, -0.25) is 9.69 Å². The molecule has 2 saturated heterocycles. The van der Waals surface area contributed by atoms with Gasteiger partial charge in [-0.25, -0.2) is 9.97 Å². The maximum absolute atomic E-state index is 11.7. The molecule has 2 N–H and O–H groups in total. The number of carbonyl (C=O) groups excluding carboxylic acids is 1. The summed E-state index contributed by atoms with van der Waals surface area (Å²) in [6.45, 7) is 2.57. The number of nitrogens with zero attached hydrogens (tertiary/aromatic N) is 3. The summed E-state index contributed by atoms with van der Waals surface area (Å²) < 4.78 is 17.3. The van der Waals surface area contributed by atoms with Gasteiger partial charge < -0.3 is 24.8 Å². The molecule has 260 valence electrons. The van der Waals surface area contributed by atoms with Crippen molar-refractivity contribution in [3.63, 3.8) is 0 Å².